The second-order valence-corrected chi connectivity index (χ2v) is 7.72. The molecule has 1 N–H and O–H groups in total. The average molecular weight is 377 g/mol. The average Bonchev–Trinajstić information content (AvgIpc) is 3.08. The number of aryl methyl sites for hydroxylation is 2. The van der Waals surface area contributed by atoms with E-state index in [1.807, 2.05) is 13.8 Å². The van der Waals surface area contributed by atoms with Gasteiger partial charge in [-0.15, -0.1) is 0 Å². The zero-order valence-electron chi connectivity index (χ0n) is 16.6. The number of hydrogen-bond acceptors (Lipinski definition) is 1. The molecular formula is C27H23NO. The maximum absolute atomic E-state index is 10.4. The van der Waals surface area contributed by atoms with Crippen molar-refractivity contribution in [2.75, 3.05) is 0 Å². The third-order valence-corrected chi connectivity index (χ3v) is 5.82. The summed E-state index contributed by atoms with van der Waals surface area (Å²) in [4.78, 5) is 0. The van der Waals surface area contributed by atoms with Crippen LogP contribution in [-0.4, -0.2) is 9.67 Å². The molecule has 0 aliphatic heterocycles. The predicted octanol–water partition coefficient (Wildman–Crippen LogP) is 6.75. The smallest absolute Gasteiger partial charge is 0.121 e. The van der Waals surface area contributed by atoms with Crippen LogP contribution in [0, 0.1) is 13.8 Å². The van der Waals surface area contributed by atoms with Crippen molar-refractivity contribution < 1.29 is 5.11 Å². The maximum atomic E-state index is 10.4. The van der Waals surface area contributed by atoms with Crippen LogP contribution in [0.1, 0.15) is 28.3 Å². The summed E-state index contributed by atoms with van der Waals surface area (Å²) >= 11 is 0. The standard InChI is InChI=1S/C27H23NO/c1-18-16-21(17-19(2)27(18)29)26(20-10-4-3-5-11-20)28-24-14-8-6-12-22(24)23-13-7-9-15-25(23)28/h3-17,26,29H,1-2H3/t26-/m0/s1. The first-order valence-corrected chi connectivity index (χ1v) is 9.98. The Kier molecular flexibility index (Phi) is 4.13. The zero-order valence-corrected chi connectivity index (χ0v) is 16.6. The van der Waals surface area contributed by atoms with Crippen LogP contribution in [-0.2, 0) is 0 Å². The molecule has 5 aromatic rings. The lowest BCUT2D eigenvalue weighted by molar-refractivity contribution is 0.466. The number of para-hydroxylation sites is 2. The minimum absolute atomic E-state index is 0.0130. The van der Waals surface area contributed by atoms with Crippen LogP contribution < -0.4 is 0 Å². The fraction of sp³-hybridized carbons (Fsp3) is 0.111. The van der Waals surface area contributed by atoms with Crippen LogP contribution in [0.25, 0.3) is 21.8 Å². The topological polar surface area (TPSA) is 25.2 Å². The molecule has 1 atom stereocenters. The van der Waals surface area contributed by atoms with Crippen LogP contribution in [0.3, 0.4) is 0 Å². The summed E-state index contributed by atoms with van der Waals surface area (Å²) in [5.74, 6) is 0.378. The highest BCUT2D eigenvalue weighted by Gasteiger charge is 2.22. The SMILES string of the molecule is Cc1cc([C@H](c2ccccc2)n2c3ccccc3c3ccccc32)cc(C)c1O. The molecule has 0 aliphatic rings. The third-order valence-electron chi connectivity index (χ3n) is 5.82. The number of phenols is 1. The van der Waals surface area contributed by atoms with Crippen molar-refractivity contribution in [1.82, 2.24) is 4.57 Å². The van der Waals surface area contributed by atoms with Gasteiger partial charge in [0.05, 0.1) is 6.04 Å². The van der Waals surface area contributed by atoms with E-state index in [4.69, 9.17) is 0 Å². The molecule has 2 nitrogen and oxygen atoms in total. The van der Waals surface area contributed by atoms with Crippen molar-refractivity contribution in [3.05, 3.63) is 113 Å². The molecule has 2 heteroatoms. The Hall–Kier alpha value is -3.52. The monoisotopic (exact) mass is 377 g/mol. The summed E-state index contributed by atoms with van der Waals surface area (Å²) in [5, 5.41) is 12.9. The summed E-state index contributed by atoms with van der Waals surface area (Å²) in [5.41, 5.74) is 6.64. The minimum Gasteiger partial charge on any atom is -0.507 e. The van der Waals surface area contributed by atoms with Crippen molar-refractivity contribution in [2.24, 2.45) is 0 Å². The molecule has 0 spiro atoms. The van der Waals surface area contributed by atoms with Gasteiger partial charge in [-0.25, -0.2) is 0 Å². The van der Waals surface area contributed by atoms with Crippen LogP contribution >= 0.6 is 0 Å². The van der Waals surface area contributed by atoms with Gasteiger partial charge in [0.25, 0.3) is 0 Å². The molecule has 0 unspecified atom stereocenters. The third kappa shape index (κ3) is 2.80. The van der Waals surface area contributed by atoms with Gasteiger partial charge in [-0.3, -0.25) is 0 Å². The Labute approximate surface area is 170 Å². The lowest BCUT2D eigenvalue weighted by atomic mass is 9.94. The molecule has 0 amide bonds. The first-order valence-electron chi connectivity index (χ1n) is 9.98. The van der Waals surface area contributed by atoms with E-state index in [0.717, 1.165) is 11.1 Å². The van der Waals surface area contributed by atoms with Gasteiger partial charge >= 0.3 is 0 Å². The molecule has 0 saturated carbocycles. The summed E-state index contributed by atoms with van der Waals surface area (Å²) in [6.45, 7) is 3.94. The van der Waals surface area contributed by atoms with E-state index in [1.165, 1.54) is 32.9 Å². The number of benzene rings is 4. The van der Waals surface area contributed by atoms with E-state index in [9.17, 15) is 5.11 Å². The van der Waals surface area contributed by atoms with Gasteiger partial charge in [0.2, 0.25) is 0 Å². The van der Waals surface area contributed by atoms with Gasteiger partial charge in [-0.05, 0) is 60.4 Å². The normalized spacial score (nSPS) is 12.5. The lowest BCUT2D eigenvalue weighted by Crippen LogP contribution is -2.12. The molecule has 29 heavy (non-hydrogen) atoms. The van der Waals surface area contributed by atoms with Crippen molar-refractivity contribution in [2.45, 2.75) is 19.9 Å². The summed E-state index contributed by atoms with van der Waals surface area (Å²) in [6.07, 6.45) is 0. The molecule has 142 valence electrons. The van der Waals surface area contributed by atoms with E-state index < -0.39 is 0 Å². The van der Waals surface area contributed by atoms with Crippen LogP contribution in [0.15, 0.2) is 91.0 Å². The molecular weight excluding hydrogens is 354 g/mol. The minimum atomic E-state index is 0.0130. The van der Waals surface area contributed by atoms with Gasteiger partial charge in [-0.2, -0.15) is 0 Å². The fourth-order valence-corrected chi connectivity index (χ4v) is 4.50. The molecule has 0 aliphatic carbocycles. The molecule has 0 radical (unpaired) electrons. The molecule has 4 aromatic carbocycles. The highest BCUT2D eigenvalue weighted by atomic mass is 16.3. The van der Waals surface area contributed by atoms with Gasteiger partial charge < -0.3 is 9.67 Å². The van der Waals surface area contributed by atoms with Gasteiger partial charge in [0.1, 0.15) is 5.75 Å². The molecule has 1 aromatic heterocycles. The Morgan fingerprint density at radius 1 is 0.621 bits per heavy atom. The van der Waals surface area contributed by atoms with E-state index in [0.29, 0.717) is 5.75 Å². The number of nitrogens with zero attached hydrogens (tertiary/aromatic N) is 1. The predicted molar refractivity (Wildman–Crippen MR) is 121 cm³/mol. The quantitative estimate of drug-likeness (QED) is 0.369. The number of hydrogen-bond donors (Lipinski definition) is 1. The van der Waals surface area contributed by atoms with E-state index >= 15 is 0 Å². The van der Waals surface area contributed by atoms with Crippen LogP contribution in [0.5, 0.6) is 5.75 Å². The number of fused-ring (bicyclic) bond motifs is 3. The second-order valence-electron chi connectivity index (χ2n) is 7.72. The number of rotatable bonds is 3. The highest BCUT2D eigenvalue weighted by molar-refractivity contribution is 6.08. The van der Waals surface area contributed by atoms with E-state index in [1.54, 1.807) is 0 Å². The Morgan fingerprint density at radius 2 is 1.10 bits per heavy atom. The van der Waals surface area contributed by atoms with Crippen molar-refractivity contribution in [3.8, 4) is 5.75 Å². The van der Waals surface area contributed by atoms with E-state index in [-0.39, 0.29) is 6.04 Å². The first-order chi connectivity index (χ1) is 14.1. The largest absolute Gasteiger partial charge is 0.507 e. The Morgan fingerprint density at radius 3 is 1.66 bits per heavy atom. The van der Waals surface area contributed by atoms with Gasteiger partial charge in [-0.1, -0.05) is 66.7 Å². The number of aromatic nitrogens is 1. The van der Waals surface area contributed by atoms with Gasteiger partial charge in [0.15, 0.2) is 0 Å². The summed E-state index contributed by atoms with van der Waals surface area (Å²) < 4.78 is 2.44. The first kappa shape index (κ1) is 17.6. The second kappa shape index (κ2) is 6.82. The summed E-state index contributed by atoms with van der Waals surface area (Å²) in [7, 11) is 0. The fourth-order valence-electron chi connectivity index (χ4n) is 4.50. The van der Waals surface area contributed by atoms with Crippen molar-refractivity contribution in [3.63, 3.8) is 0 Å². The van der Waals surface area contributed by atoms with Crippen molar-refractivity contribution >= 4 is 21.8 Å². The van der Waals surface area contributed by atoms with Gasteiger partial charge in [0, 0.05) is 21.8 Å². The zero-order chi connectivity index (χ0) is 20.0. The summed E-state index contributed by atoms with van der Waals surface area (Å²) in [6, 6.07) is 32.1. The highest BCUT2D eigenvalue weighted by Crippen LogP contribution is 2.38. The maximum Gasteiger partial charge on any atom is 0.121 e. The molecule has 0 saturated heterocycles. The number of phenolic OH excluding ortho intramolecular Hbond substituents is 1. The molecule has 1 heterocycles. The Bertz CT molecular complexity index is 1250. The molecule has 0 bridgehead atoms. The van der Waals surface area contributed by atoms with Crippen LogP contribution in [0.2, 0.25) is 0 Å². The van der Waals surface area contributed by atoms with Crippen LogP contribution in [0.4, 0.5) is 0 Å². The number of aromatic hydroxyl groups is 1. The Balaban J connectivity index is 1.90. The van der Waals surface area contributed by atoms with Crippen molar-refractivity contribution in [1.29, 1.82) is 0 Å². The lowest BCUT2D eigenvalue weighted by Gasteiger charge is -2.24. The molecule has 5 rings (SSSR count). The van der Waals surface area contributed by atoms with E-state index in [2.05, 4.69) is 95.6 Å². The molecule has 0 fully saturated rings.